The first-order valence-electron chi connectivity index (χ1n) is 7.33. The maximum Gasteiger partial charge on any atom is 0.133 e. The smallest absolute Gasteiger partial charge is 0.133 e. The largest absolute Gasteiger partial charge is 0.351 e. The van der Waals surface area contributed by atoms with Crippen molar-refractivity contribution in [2.45, 2.75) is 57.3 Å². The normalized spacial score (nSPS) is 28.2. The number of ketones is 1. The van der Waals surface area contributed by atoms with E-state index >= 15 is 0 Å². The zero-order valence-electron chi connectivity index (χ0n) is 10.9. The Hall–Kier alpha value is -1.12. The van der Waals surface area contributed by atoms with E-state index in [2.05, 4.69) is 9.97 Å². The molecule has 1 heterocycles. The predicted octanol–water partition coefficient (Wildman–Crippen LogP) is 3.44. The van der Waals surface area contributed by atoms with Crippen LogP contribution in [-0.4, -0.2) is 15.8 Å². The molecule has 3 rings (SSSR count). The molecule has 3 nitrogen and oxygen atoms in total. The summed E-state index contributed by atoms with van der Waals surface area (Å²) in [5.41, 5.74) is 1.14. The molecule has 1 N–H and O–H groups in total. The zero-order chi connectivity index (χ0) is 12.4. The number of hydrogen-bond acceptors (Lipinski definition) is 2. The van der Waals surface area contributed by atoms with Crippen LogP contribution >= 0.6 is 0 Å². The summed E-state index contributed by atoms with van der Waals surface area (Å²) in [5, 5.41) is 0. The number of imidazole rings is 1. The Morgan fingerprint density at radius 3 is 2.83 bits per heavy atom. The van der Waals surface area contributed by atoms with Crippen molar-refractivity contribution in [2.75, 3.05) is 0 Å². The molecule has 2 atom stereocenters. The maximum atomic E-state index is 12.0. The number of aromatic nitrogens is 2. The molecule has 1 aromatic rings. The Labute approximate surface area is 108 Å². The van der Waals surface area contributed by atoms with Crippen molar-refractivity contribution in [1.29, 1.82) is 0 Å². The summed E-state index contributed by atoms with van der Waals surface area (Å²) in [7, 11) is 0. The highest BCUT2D eigenvalue weighted by molar-refractivity contribution is 5.79. The van der Waals surface area contributed by atoms with Gasteiger partial charge in [0.25, 0.3) is 0 Å². The van der Waals surface area contributed by atoms with Crippen LogP contribution in [0, 0.1) is 11.8 Å². The summed E-state index contributed by atoms with van der Waals surface area (Å²) in [6, 6.07) is 0. The van der Waals surface area contributed by atoms with Gasteiger partial charge in [0.2, 0.25) is 0 Å². The average Bonchev–Trinajstić information content (AvgIpc) is 2.92. The molecule has 0 aliphatic heterocycles. The van der Waals surface area contributed by atoms with Gasteiger partial charge in [-0.3, -0.25) is 4.79 Å². The number of carbonyl (C=O) groups is 1. The average molecular weight is 246 g/mol. The highest BCUT2D eigenvalue weighted by Gasteiger charge is 2.40. The van der Waals surface area contributed by atoms with Crippen LogP contribution in [0.2, 0.25) is 0 Å². The van der Waals surface area contributed by atoms with Crippen molar-refractivity contribution in [2.24, 2.45) is 11.8 Å². The minimum atomic E-state index is 0.491. The fraction of sp³-hybridized carbons (Fsp3) is 0.733. The van der Waals surface area contributed by atoms with Gasteiger partial charge in [0, 0.05) is 25.0 Å². The molecule has 0 bridgehead atoms. The molecule has 0 amide bonds. The number of H-pyrrole nitrogens is 1. The Bertz CT molecular complexity index is 393. The Kier molecular flexibility index (Phi) is 3.48. The van der Waals surface area contributed by atoms with Gasteiger partial charge in [-0.15, -0.1) is 0 Å². The topological polar surface area (TPSA) is 45.8 Å². The van der Waals surface area contributed by atoms with E-state index in [1.54, 1.807) is 6.33 Å². The number of rotatable bonds is 5. The molecular formula is C15H22N2O. The molecule has 2 aliphatic carbocycles. The number of nitrogens with one attached hydrogen (secondary N) is 1. The van der Waals surface area contributed by atoms with Crippen molar-refractivity contribution in [3.8, 4) is 0 Å². The van der Waals surface area contributed by atoms with Gasteiger partial charge in [0.1, 0.15) is 5.78 Å². The summed E-state index contributed by atoms with van der Waals surface area (Å²) < 4.78 is 0. The third-order valence-corrected chi connectivity index (χ3v) is 4.55. The van der Waals surface area contributed by atoms with Crippen LogP contribution in [0.15, 0.2) is 12.5 Å². The standard InChI is InChI=1S/C15H22N2O/c18-13(6-11-4-2-1-3-5-11)7-12-8-14(12)15-9-16-10-17-15/h9-12,14H,1-8H2,(H,16,17). The summed E-state index contributed by atoms with van der Waals surface area (Å²) in [6.45, 7) is 0. The maximum absolute atomic E-state index is 12.0. The lowest BCUT2D eigenvalue weighted by molar-refractivity contribution is -0.120. The van der Waals surface area contributed by atoms with Gasteiger partial charge in [-0.25, -0.2) is 4.98 Å². The van der Waals surface area contributed by atoms with E-state index in [-0.39, 0.29) is 0 Å². The van der Waals surface area contributed by atoms with Crippen LogP contribution in [0.3, 0.4) is 0 Å². The molecule has 3 heteroatoms. The van der Waals surface area contributed by atoms with E-state index in [0.29, 0.717) is 23.5 Å². The number of nitrogens with zero attached hydrogens (tertiary/aromatic N) is 1. The van der Waals surface area contributed by atoms with E-state index in [1.807, 2.05) is 6.20 Å². The molecule has 2 aliphatic rings. The number of aromatic amines is 1. The highest BCUT2D eigenvalue weighted by atomic mass is 16.1. The summed E-state index contributed by atoms with van der Waals surface area (Å²) in [6.07, 6.45) is 13.1. The van der Waals surface area contributed by atoms with Gasteiger partial charge in [-0.2, -0.15) is 0 Å². The fourth-order valence-electron chi connectivity index (χ4n) is 3.40. The molecule has 0 spiro atoms. The van der Waals surface area contributed by atoms with Crippen LogP contribution in [0.1, 0.15) is 63.0 Å². The van der Waals surface area contributed by atoms with Gasteiger partial charge < -0.3 is 4.98 Å². The molecule has 0 saturated heterocycles. The van der Waals surface area contributed by atoms with Crippen molar-refractivity contribution < 1.29 is 4.79 Å². The van der Waals surface area contributed by atoms with Crippen LogP contribution in [0.5, 0.6) is 0 Å². The second-order valence-corrected chi connectivity index (χ2v) is 6.05. The molecule has 98 valence electrons. The minimum Gasteiger partial charge on any atom is -0.351 e. The molecule has 18 heavy (non-hydrogen) atoms. The molecular weight excluding hydrogens is 224 g/mol. The van der Waals surface area contributed by atoms with E-state index in [4.69, 9.17) is 0 Å². The van der Waals surface area contributed by atoms with Crippen LogP contribution < -0.4 is 0 Å². The Morgan fingerprint density at radius 1 is 1.28 bits per heavy atom. The lowest BCUT2D eigenvalue weighted by atomic mass is 9.85. The summed E-state index contributed by atoms with van der Waals surface area (Å²) in [4.78, 5) is 19.3. The van der Waals surface area contributed by atoms with Crippen molar-refractivity contribution in [3.63, 3.8) is 0 Å². The van der Waals surface area contributed by atoms with Gasteiger partial charge in [-0.1, -0.05) is 32.1 Å². The minimum absolute atomic E-state index is 0.491. The van der Waals surface area contributed by atoms with Crippen molar-refractivity contribution in [3.05, 3.63) is 18.2 Å². The summed E-state index contributed by atoms with van der Waals surface area (Å²) >= 11 is 0. The third kappa shape index (κ3) is 2.82. The third-order valence-electron chi connectivity index (χ3n) is 4.55. The lowest BCUT2D eigenvalue weighted by Crippen LogP contribution is -2.12. The molecule has 0 radical (unpaired) electrons. The van der Waals surface area contributed by atoms with E-state index in [1.165, 1.54) is 32.1 Å². The van der Waals surface area contributed by atoms with Gasteiger partial charge in [0.05, 0.1) is 12.0 Å². The second-order valence-electron chi connectivity index (χ2n) is 6.05. The first-order chi connectivity index (χ1) is 8.83. The van der Waals surface area contributed by atoms with E-state index < -0.39 is 0 Å². The van der Waals surface area contributed by atoms with Crippen molar-refractivity contribution in [1.82, 2.24) is 9.97 Å². The number of carbonyl (C=O) groups excluding carboxylic acids is 1. The van der Waals surface area contributed by atoms with Gasteiger partial charge >= 0.3 is 0 Å². The van der Waals surface area contributed by atoms with Crippen LogP contribution in [0.25, 0.3) is 0 Å². The number of Topliss-reactive ketones (excluding diaryl/α,β-unsaturated/α-hetero) is 1. The van der Waals surface area contributed by atoms with Crippen LogP contribution in [0.4, 0.5) is 0 Å². The van der Waals surface area contributed by atoms with Gasteiger partial charge in [0.15, 0.2) is 0 Å². The number of hydrogen-bond donors (Lipinski definition) is 1. The molecule has 2 fully saturated rings. The Morgan fingerprint density at radius 2 is 2.11 bits per heavy atom. The molecule has 2 unspecified atom stereocenters. The van der Waals surface area contributed by atoms with E-state index in [0.717, 1.165) is 25.0 Å². The predicted molar refractivity (Wildman–Crippen MR) is 70.3 cm³/mol. The first-order valence-corrected chi connectivity index (χ1v) is 7.33. The quantitative estimate of drug-likeness (QED) is 0.865. The first kappa shape index (κ1) is 11.9. The highest BCUT2D eigenvalue weighted by Crippen LogP contribution is 2.49. The summed E-state index contributed by atoms with van der Waals surface area (Å²) in [5.74, 6) is 2.30. The Balaban J connectivity index is 1.42. The van der Waals surface area contributed by atoms with Crippen LogP contribution in [-0.2, 0) is 4.79 Å². The molecule has 2 saturated carbocycles. The SMILES string of the molecule is O=C(CC1CCCCC1)CC1CC1c1c[nH]cn1. The fourth-order valence-corrected chi connectivity index (χ4v) is 3.40. The zero-order valence-corrected chi connectivity index (χ0v) is 10.9. The van der Waals surface area contributed by atoms with Gasteiger partial charge in [-0.05, 0) is 18.3 Å². The lowest BCUT2D eigenvalue weighted by Gasteiger charge is -2.20. The van der Waals surface area contributed by atoms with Crippen molar-refractivity contribution >= 4 is 5.78 Å². The second kappa shape index (κ2) is 5.25. The molecule has 0 aromatic carbocycles. The molecule has 1 aromatic heterocycles. The van der Waals surface area contributed by atoms with E-state index in [9.17, 15) is 4.79 Å². The monoisotopic (exact) mass is 246 g/mol.